The smallest absolute Gasteiger partial charge is 0.207 e. The number of fused-ring (bicyclic) bond motifs is 1. The van der Waals surface area contributed by atoms with E-state index in [9.17, 15) is 10.2 Å². The third-order valence-electron chi connectivity index (χ3n) is 3.46. The number of nitrogen functional groups attached to an aromatic ring is 1. The van der Waals surface area contributed by atoms with E-state index < -0.39 is 24.5 Å². The molecule has 0 spiro atoms. The van der Waals surface area contributed by atoms with Gasteiger partial charge < -0.3 is 20.7 Å². The fourth-order valence-corrected chi connectivity index (χ4v) is 2.67. The maximum atomic E-state index is 10.1. The molecule has 2 aromatic rings. The van der Waals surface area contributed by atoms with Crippen LogP contribution < -0.4 is 5.73 Å². The summed E-state index contributed by atoms with van der Waals surface area (Å²) in [7, 11) is 0. The second kappa shape index (κ2) is 4.81. The van der Waals surface area contributed by atoms with Crippen molar-refractivity contribution in [3.63, 3.8) is 0 Å². The number of anilines is 1. The molecule has 1 aliphatic heterocycles. The highest BCUT2D eigenvalue weighted by atomic mass is 35.5. The summed E-state index contributed by atoms with van der Waals surface area (Å²) >= 11 is 6.08. The fourth-order valence-electron chi connectivity index (χ4n) is 2.41. The Labute approximate surface area is 119 Å². The van der Waals surface area contributed by atoms with Gasteiger partial charge in [-0.15, -0.1) is 0 Å². The van der Waals surface area contributed by atoms with E-state index in [2.05, 4.69) is 15.0 Å². The van der Waals surface area contributed by atoms with Gasteiger partial charge in [0, 0.05) is 0 Å². The van der Waals surface area contributed by atoms with Crippen molar-refractivity contribution in [1.82, 2.24) is 19.5 Å². The molecule has 1 fully saturated rings. The van der Waals surface area contributed by atoms with Crippen LogP contribution in [0.1, 0.15) is 19.6 Å². The maximum Gasteiger partial charge on any atom is 0.207 e. The van der Waals surface area contributed by atoms with Crippen LogP contribution in [0, 0.1) is 0 Å². The summed E-state index contributed by atoms with van der Waals surface area (Å²) in [5.41, 5.74) is 6.41. The molecule has 1 saturated heterocycles. The fraction of sp³-hybridized carbons (Fsp3) is 0.545. The molecular formula is C11H14ClN5O3. The van der Waals surface area contributed by atoms with Crippen LogP contribution >= 0.6 is 11.6 Å². The molecule has 8 nitrogen and oxygen atoms in total. The second-order valence-electron chi connectivity index (χ2n) is 4.64. The van der Waals surface area contributed by atoms with Gasteiger partial charge in [-0.05, 0) is 18.0 Å². The Balaban J connectivity index is 2.11. The first-order chi connectivity index (χ1) is 9.54. The van der Waals surface area contributed by atoms with Gasteiger partial charge in [0.05, 0.1) is 6.10 Å². The lowest BCUT2D eigenvalue weighted by Crippen LogP contribution is -2.31. The number of nitrogens with two attached hydrogens (primary N) is 1. The number of imidazole rings is 1. The second-order valence-corrected chi connectivity index (χ2v) is 4.97. The molecule has 3 rings (SSSR count). The van der Waals surface area contributed by atoms with E-state index >= 15 is 0 Å². The number of ether oxygens (including phenoxy) is 1. The van der Waals surface area contributed by atoms with Crippen molar-refractivity contribution in [2.75, 3.05) is 5.73 Å². The van der Waals surface area contributed by atoms with E-state index in [1.54, 1.807) is 0 Å². The lowest BCUT2D eigenvalue weighted by atomic mass is 10.1. The number of aliphatic hydroxyl groups excluding tert-OH is 2. The van der Waals surface area contributed by atoms with Gasteiger partial charge in [-0.1, -0.05) is 6.92 Å². The number of hydrogen-bond acceptors (Lipinski definition) is 7. The summed E-state index contributed by atoms with van der Waals surface area (Å²) < 4.78 is 7.06. The molecule has 0 amide bonds. The van der Waals surface area contributed by atoms with Crippen molar-refractivity contribution in [2.24, 2.45) is 0 Å². The van der Waals surface area contributed by atoms with Gasteiger partial charge in [0.15, 0.2) is 23.2 Å². The molecule has 0 aromatic carbocycles. The van der Waals surface area contributed by atoms with Crippen LogP contribution in [0.2, 0.25) is 5.28 Å². The van der Waals surface area contributed by atoms with Crippen molar-refractivity contribution in [3.05, 3.63) is 11.6 Å². The zero-order valence-corrected chi connectivity index (χ0v) is 11.4. The monoisotopic (exact) mass is 299 g/mol. The zero-order valence-electron chi connectivity index (χ0n) is 10.6. The Bertz CT molecular complexity index is 648. The van der Waals surface area contributed by atoms with Crippen molar-refractivity contribution >= 4 is 28.6 Å². The quantitative estimate of drug-likeness (QED) is 0.672. The van der Waals surface area contributed by atoms with E-state index in [1.165, 1.54) is 10.9 Å². The van der Waals surface area contributed by atoms with E-state index in [4.69, 9.17) is 22.1 Å². The molecule has 3 heterocycles. The lowest BCUT2D eigenvalue weighted by Gasteiger charge is -2.17. The highest BCUT2D eigenvalue weighted by Gasteiger charge is 2.44. The predicted molar refractivity (Wildman–Crippen MR) is 71.0 cm³/mol. The molecule has 4 N–H and O–H groups in total. The summed E-state index contributed by atoms with van der Waals surface area (Å²) in [6.45, 7) is 1.86. The first kappa shape index (κ1) is 13.5. The van der Waals surface area contributed by atoms with Crippen molar-refractivity contribution in [1.29, 1.82) is 0 Å². The minimum Gasteiger partial charge on any atom is -0.388 e. The van der Waals surface area contributed by atoms with Gasteiger partial charge in [-0.3, -0.25) is 4.57 Å². The van der Waals surface area contributed by atoms with Crippen LogP contribution in [0.15, 0.2) is 6.33 Å². The largest absolute Gasteiger partial charge is 0.388 e. The molecule has 0 aliphatic carbocycles. The van der Waals surface area contributed by atoms with Gasteiger partial charge in [-0.25, -0.2) is 15.0 Å². The molecule has 2 unspecified atom stereocenters. The lowest BCUT2D eigenvalue weighted by molar-refractivity contribution is -0.0354. The number of halogens is 1. The summed E-state index contributed by atoms with van der Waals surface area (Å²) in [4.78, 5) is 12.0. The van der Waals surface area contributed by atoms with E-state index in [-0.39, 0.29) is 11.1 Å². The molecule has 0 saturated carbocycles. The molecular weight excluding hydrogens is 286 g/mol. The van der Waals surface area contributed by atoms with Crippen LogP contribution in [0.4, 0.5) is 5.82 Å². The van der Waals surface area contributed by atoms with Gasteiger partial charge in [0.2, 0.25) is 5.28 Å². The van der Waals surface area contributed by atoms with Crippen LogP contribution in [0.5, 0.6) is 0 Å². The average molecular weight is 300 g/mol. The first-order valence-corrected chi connectivity index (χ1v) is 6.58. The Morgan fingerprint density at radius 3 is 2.80 bits per heavy atom. The van der Waals surface area contributed by atoms with Gasteiger partial charge >= 0.3 is 0 Å². The molecule has 1 aliphatic rings. The molecule has 0 radical (unpaired) electrons. The van der Waals surface area contributed by atoms with Crippen molar-refractivity contribution in [2.45, 2.75) is 37.9 Å². The summed E-state index contributed by atoms with van der Waals surface area (Å²) in [6, 6.07) is 0. The Morgan fingerprint density at radius 2 is 2.15 bits per heavy atom. The highest BCUT2D eigenvalue weighted by Crippen LogP contribution is 2.35. The molecule has 9 heteroatoms. The van der Waals surface area contributed by atoms with E-state index in [0.29, 0.717) is 17.6 Å². The summed E-state index contributed by atoms with van der Waals surface area (Å²) in [6.07, 6.45) is -1.59. The number of rotatable bonds is 2. The molecule has 4 atom stereocenters. The highest BCUT2D eigenvalue weighted by molar-refractivity contribution is 6.29. The maximum absolute atomic E-state index is 10.1. The Hall–Kier alpha value is -1.48. The summed E-state index contributed by atoms with van der Waals surface area (Å²) in [5, 5.41) is 20.1. The zero-order chi connectivity index (χ0) is 14.4. The average Bonchev–Trinajstić information content (AvgIpc) is 2.90. The third kappa shape index (κ3) is 1.84. The number of aromatic nitrogens is 4. The van der Waals surface area contributed by atoms with E-state index in [0.717, 1.165) is 0 Å². The topological polar surface area (TPSA) is 119 Å². The number of hydrogen-bond donors (Lipinski definition) is 3. The minimum atomic E-state index is -1.12. The third-order valence-corrected chi connectivity index (χ3v) is 3.72. The normalized spacial score (nSPS) is 30.2. The minimum absolute atomic E-state index is 0.0696. The Kier molecular flexibility index (Phi) is 3.25. The first-order valence-electron chi connectivity index (χ1n) is 6.20. The van der Waals surface area contributed by atoms with E-state index in [1.807, 2.05) is 6.92 Å². The molecule has 108 valence electrons. The van der Waals surface area contributed by atoms with Gasteiger partial charge in [-0.2, -0.15) is 0 Å². The predicted octanol–water partition coefficient (Wildman–Crippen LogP) is 0.0911. The number of aliphatic hydroxyl groups is 2. The molecule has 2 aromatic heterocycles. The number of nitrogens with zero attached hydrogens (tertiary/aromatic N) is 4. The van der Waals surface area contributed by atoms with Crippen LogP contribution in [-0.2, 0) is 4.74 Å². The van der Waals surface area contributed by atoms with Crippen molar-refractivity contribution in [3.8, 4) is 0 Å². The van der Waals surface area contributed by atoms with Crippen molar-refractivity contribution < 1.29 is 14.9 Å². The van der Waals surface area contributed by atoms with Crippen LogP contribution in [-0.4, -0.2) is 48.0 Å². The molecule has 20 heavy (non-hydrogen) atoms. The van der Waals surface area contributed by atoms with Gasteiger partial charge in [0.25, 0.3) is 0 Å². The Morgan fingerprint density at radius 1 is 1.40 bits per heavy atom. The van der Waals surface area contributed by atoms with Gasteiger partial charge in [0.1, 0.15) is 18.5 Å². The standard InChI is InChI=1S/C11H14ClN5O3/c1-2-4-6(18)7(19)10(20-4)17-9-5(16-11(17)12)8(13)14-3-15-9/h3-4,6-7,10,18-19H,2H2,1H3,(H2,13,14,15)/t4-,6?,7?,10-/m1/s1. The molecule has 0 bridgehead atoms. The van der Waals surface area contributed by atoms with Crippen LogP contribution in [0.25, 0.3) is 11.2 Å². The SMILES string of the molecule is CC[C@H]1O[C@@H](n2c(Cl)nc3c(N)ncnc32)C(O)C1O. The summed E-state index contributed by atoms with van der Waals surface area (Å²) in [5.74, 6) is 0.190. The van der Waals surface area contributed by atoms with Crippen LogP contribution in [0.3, 0.4) is 0 Å².